The van der Waals surface area contributed by atoms with Gasteiger partial charge >= 0.3 is 0 Å². The zero-order chi connectivity index (χ0) is 14.6. The maximum Gasteiger partial charge on any atom is 0.107 e. The second-order valence-corrected chi connectivity index (χ2v) is 6.93. The lowest BCUT2D eigenvalue weighted by Gasteiger charge is -2.21. The maximum absolute atomic E-state index is 5.85. The summed E-state index contributed by atoms with van der Waals surface area (Å²) in [7, 11) is 0. The summed E-state index contributed by atoms with van der Waals surface area (Å²) in [5, 5.41) is 5.99. The molecule has 20 heavy (non-hydrogen) atoms. The molecule has 0 radical (unpaired) electrons. The number of nitrogens with zero attached hydrogens (tertiary/aromatic N) is 2. The maximum atomic E-state index is 5.85. The Bertz CT molecular complexity index is 564. The van der Waals surface area contributed by atoms with Crippen LogP contribution < -0.4 is 5.32 Å². The van der Waals surface area contributed by atoms with Gasteiger partial charge in [0.15, 0.2) is 0 Å². The topological polar surface area (TPSA) is 37.8 Å². The zero-order valence-corrected chi connectivity index (χ0v) is 13.4. The molecular formula is C15H18ClN3S. The molecule has 2 rings (SSSR count). The van der Waals surface area contributed by atoms with Crippen molar-refractivity contribution in [3.8, 4) is 0 Å². The second kappa shape index (κ2) is 6.57. The summed E-state index contributed by atoms with van der Waals surface area (Å²) >= 11 is 7.40. The van der Waals surface area contributed by atoms with Gasteiger partial charge in [-0.2, -0.15) is 0 Å². The number of nitrogens with one attached hydrogen (secondary N) is 1. The Morgan fingerprint density at radius 2 is 2.00 bits per heavy atom. The van der Waals surface area contributed by atoms with E-state index in [0.29, 0.717) is 5.02 Å². The summed E-state index contributed by atoms with van der Waals surface area (Å²) in [4.78, 5) is 8.74. The van der Waals surface area contributed by atoms with Crippen LogP contribution in [0.2, 0.25) is 5.02 Å². The van der Waals surface area contributed by atoms with Gasteiger partial charge in [-0.25, -0.2) is 9.97 Å². The molecular weight excluding hydrogens is 290 g/mol. The minimum atomic E-state index is 0.0797. The van der Waals surface area contributed by atoms with Gasteiger partial charge in [-0.3, -0.25) is 0 Å². The smallest absolute Gasteiger partial charge is 0.107 e. The highest BCUT2D eigenvalue weighted by Crippen LogP contribution is 2.27. The SMILES string of the molecule is CC(C)(C)NCc1cccnc1Sc1ccc(Cl)cn1. The Kier molecular flexibility index (Phi) is 5.02. The molecule has 0 bridgehead atoms. The van der Waals surface area contributed by atoms with E-state index < -0.39 is 0 Å². The zero-order valence-electron chi connectivity index (χ0n) is 11.9. The highest BCUT2D eigenvalue weighted by atomic mass is 35.5. The number of aromatic nitrogens is 2. The lowest BCUT2D eigenvalue weighted by atomic mass is 10.1. The lowest BCUT2D eigenvalue weighted by molar-refractivity contribution is 0.422. The van der Waals surface area contributed by atoms with Crippen LogP contribution in [-0.2, 0) is 6.54 Å². The van der Waals surface area contributed by atoms with Crippen LogP contribution in [0.15, 0.2) is 46.7 Å². The molecule has 0 amide bonds. The van der Waals surface area contributed by atoms with Gasteiger partial charge in [0.25, 0.3) is 0 Å². The van der Waals surface area contributed by atoms with Crippen LogP contribution in [0, 0.1) is 0 Å². The molecule has 2 heterocycles. The molecule has 0 aliphatic carbocycles. The predicted molar refractivity (Wildman–Crippen MR) is 84.2 cm³/mol. The summed E-state index contributed by atoms with van der Waals surface area (Å²) in [5.41, 5.74) is 1.25. The second-order valence-electron chi connectivity index (χ2n) is 5.49. The first-order chi connectivity index (χ1) is 9.44. The van der Waals surface area contributed by atoms with Crippen molar-refractivity contribution in [1.29, 1.82) is 0 Å². The third-order valence-electron chi connectivity index (χ3n) is 2.56. The fraction of sp³-hybridized carbons (Fsp3) is 0.333. The third-order valence-corrected chi connectivity index (χ3v) is 3.80. The molecule has 0 aromatic carbocycles. The van der Waals surface area contributed by atoms with E-state index in [9.17, 15) is 0 Å². The van der Waals surface area contributed by atoms with E-state index in [1.54, 1.807) is 24.2 Å². The van der Waals surface area contributed by atoms with Gasteiger partial charge in [-0.15, -0.1) is 0 Å². The molecule has 0 aliphatic rings. The monoisotopic (exact) mass is 307 g/mol. The summed E-state index contributed by atoms with van der Waals surface area (Å²) < 4.78 is 0. The van der Waals surface area contributed by atoms with Gasteiger partial charge in [0.2, 0.25) is 0 Å². The largest absolute Gasteiger partial charge is 0.308 e. The van der Waals surface area contributed by atoms with Gasteiger partial charge in [0, 0.05) is 24.5 Å². The molecule has 0 fully saturated rings. The van der Waals surface area contributed by atoms with Gasteiger partial charge < -0.3 is 5.32 Å². The van der Waals surface area contributed by atoms with Gasteiger partial charge in [0.05, 0.1) is 5.02 Å². The van der Waals surface area contributed by atoms with E-state index in [4.69, 9.17) is 11.6 Å². The molecule has 0 spiro atoms. The Hall–Kier alpha value is -1.10. The summed E-state index contributed by atoms with van der Waals surface area (Å²) in [6, 6.07) is 7.79. The molecule has 0 unspecified atom stereocenters. The van der Waals surface area contributed by atoms with Gasteiger partial charge in [-0.05, 0) is 56.3 Å². The molecule has 0 saturated carbocycles. The Labute approximate surface area is 129 Å². The van der Waals surface area contributed by atoms with Crippen molar-refractivity contribution in [2.45, 2.75) is 42.9 Å². The summed E-state index contributed by atoms with van der Waals surface area (Å²) in [6.45, 7) is 7.23. The summed E-state index contributed by atoms with van der Waals surface area (Å²) in [6.07, 6.45) is 3.46. The Morgan fingerprint density at radius 3 is 2.65 bits per heavy atom. The van der Waals surface area contributed by atoms with Crippen molar-refractivity contribution in [2.24, 2.45) is 0 Å². The van der Waals surface area contributed by atoms with E-state index >= 15 is 0 Å². The highest BCUT2D eigenvalue weighted by Gasteiger charge is 2.11. The fourth-order valence-corrected chi connectivity index (χ4v) is 2.47. The van der Waals surface area contributed by atoms with E-state index in [1.165, 1.54) is 5.56 Å². The van der Waals surface area contributed by atoms with E-state index in [2.05, 4.69) is 42.1 Å². The van der Waals surface area contributed by atoms with Crippen LogP contribution in [0.25, 0.3) is 0 Å². The standard InChI is InChI=1S/C15H18ClN3S/c1-15(2,3)19-9-11-5-4-8-17-14(11)20-13-7-6-12(16)10-18-13/h4-8,10,19H,9H2,1-3H3. The number of hydrogen-bond donors (Lipinski definition) is 1. The van der Waals surface area contributed by atoms with Crippen molar-refractivity contribution in [1.82, 2.24) is 15.3 Å². The van der Waals surface area contributed by atoms with Crippen LogP contribution >= 0.6 is 23.4 Å². The number of halogens is 1. The highest BCUT2D eigenvalue weighted by molar-refractivity contribution is 7.99. The molecule has 106 valence electrons. The van der Waals surface area contributed by atoms with Crippen molar-refractivity contribution in [2.75, 3.05) is 0 Å². The van der Waals surface area contributed by atoms with E-state index in [-0.39, 0.29) is 5.54 Å². The Morgan fingerprint density at radius 1 is 1.20 bits per heavy atom. The molecule has 0 atom stereocenters. The first-order valence-electron chi connectivity index (χ1n) is 6.42. The molecule has 1 N–H and O–H groups in total. The van der Waals surface area contributed by atoms with Crippen LogP contribution in [0.1, 0.15) is 26.3 Å². The van der Waals surface area contributed by atoms with Crippen molar-refractivity contribution >= 4 is 23.4 Å². The summed E-state index contributed by atoms with van der Waals surface area (Å²) in [5.74, 6) is 0. The molecule has 3 nitrogen and oxygen atoms in total. The Balaban J connectivity index is 2.13. The van der Waals surface area contributed by atoms with Crippen LogP contribution in [0.3, 0.4) is 0 Å². The molecule has 5 heteroatoms. The number of pyridine rings is 2. The average Bonchev–Trinajstić information content (AvgIpc) is 2.39. The van der Waals surface area contributed by atoms with E-state index in [1.807, 2.05) is 18.2 Å². The van der Waals surface area contributed by atoms with E-state index in [0.717, 1.165) is 16.6 Å². The first kappa shape index (κ1) is 15.3. The fourth-order valence-electron chi connectivity index (χ4n) is 1.53. The average molecular weight is 308 g/mol. The molecule has 2 aromatic heterocycles. The molecule has 0 saturated heterocycles. The molecule has 2 aromatic rings. The van der Waals surface area contributed by atoms with Crippen LogP contribution in [0.4, 0.5) is 0 Å². The minimum absolute atomic E-state index is 0.0797. The normalized spacial score (nSPS) is 11.6. The minimum Gasteiger partial charge on any atom is -0.308 e. The first-order valence-corrected chi connectivity index (χ1v) is 7.62. The molecule has 0 aliphatic heterocycles. The van der Waals surface area contributed by atoms with Crippen molar-refractivity contribution < 1.29 is 0 Å². The quantitative estimate of drug-likeness (QED) is 0.920. The number of hydrogen-bond acceptors (Lipinski definition) is 4. The van der Waals surface area contributed by atoms with Crippen molar-refractivity contribution in [3.63, 3.8) is 0 Å². The van der Waals surface area contributed by atoms with Gasteiger partial charge in [0.1, 0.15) is 10.1 Å². The number of rotatable bonds is 4. The third kappa shape index (κ3) is 4.78. The van der Waals surface area contributed by atoms with Crippen LogP contribution in [-0.4, -0.2) is 15.5 Å². The predicted octanol–water partition coefficient (Wildman–Crippen LogP) is 4.17. The lowest BCUT2D eigenvalue weighted by Crippen LogP contribution is -2.35. The van der Waals surface area contributed by atoms with Crippen molar-refractivity contribution in [3.05, 3.63) is 47.2 Å². The van der Waals surface area contributed by atoms with Crippen LogP contribution in [0.5, 0.6) is 0 Å². The van der Waals surface area contributed by atoms with Gasteiger partial charge in [-0.1, -0.05) is 17.7 Å².